The number of benzene rings is 1. The lowest BCUT2D eigenvalue weighted by Gasteiger charge is -2.19. The Hall–Kier alpha value is -2.57. The van der Waals surface area contributed by atoms with E-state index >= 15 is 0 Å². The number of nitrogens with one attached hydrogen (secondary N) is 1. The van der Waals surface area contributed by atoms with Gasteiger partial charge in [-0.2, -0.15) is 0 Å². The summed E-state index contributed by atoms with van der Waals surface area (Å²) < 4.78 is 5.09. The van der Waals surface area contributed by atoms with E-state index in [1.807, 2.05) is 0 Å². The molecule has 0 aromatic heterocycles. The molecule has 0 aliphatic heterocycles. The highest BCUT2D eigenvalue weighted by Gasteiger charge is 2.15. The van der Waals surface area contributed by atoms with Crippen LogP contribution in [-0.2, 0) is 4.74 Å². The summed E-state index contributed by atoms with van der Waals surface area (Å²) >= 11 is 0. The number of nitrogens with two attached hydrogens (primary N) is 1. The van der Waals surface area contributed by atoms with Crippen LogP contribution in [0, 0.1) is 10.1 Å². The van der Waals surface area contributed by atoms with Crippen LogP contribution in [0.15, 0.2) is 24.3 Å². The predicted octanol–water partition coefficient (Wildman–Crippen LogP) is 3.11. The fourth-order valence-electron chi connectivity index (χ4n) is 1.65. The van der Waals surface area contributed by atoms with Crippen molar-refractivity contribution >= 4 is 23.5 Å². The molecular weight excluding hydrogens is 286 g/mol. The maximum absolute atomic E-state index is 11.4. The van der Waals surface area contributed by atoms with E-state index in [4.69, 9.17) is 10.5 Å². The fourth-order valence-corrected chi connectivity index (χ4v) is 1.65. The Bertz CT molecular complexity index is 577. The van der Waals surface area contributed by atoms with Crippen molar-refractivity contribution in [2.45, 2.75) is 32.8 Å². The molecule has 0 spiro atoms. The zero-order valence-electron chi connectivity index (χ0n) is 13.0. The normalized spacial score (nSPS) is 11.4. The maximum Gasteiger partial charge on any atom is 0.407 e. The van der Waals surface area contributed by atoms with Crippen LogP contribution in [-0.4, -0.2) is 23.2 Å². The second-order valence-corrected chi connectivity index (χ2v) is 5.70. The molecule has 0 radical (unpaired) electrons. The molecule has 0 fully saturated rings. The maximum atomic E-state index is 11.4. The van der Waals surface area contributed by atoms with Crippen LogP contribution in [0.2, 0.25) is 0 Å². The zero-order chi connectivity index (χ0) is 16.8. The highest BCUT2D eigenvalue weighted by Crippen LogP contribution is 2.22. The van der Waals surface area contributed by atoms with Gasteiger partial charge < -0.3 is 15.8 Å². The second kappa shape index (κ2) is 7.44. The van der Waals surface area contributed by atoms with Crippen molar-refractivity contribution in [1.29, 1.82) is 0 Å². The quantitative estimate of drug-likeness (QED) is 0.376. The first-order chi connectivity index (χ1) is 10.2. The van der Waals surface area contributed by atoms with Crippen molar-refractivity contribution in [1.82, 2.24) is 5.32 Å². The number of carbonyl (C=O) groups excluding carboxylic acids is 1. The molecule has 0 heterocycles. The van der Waals surface area contributed by atoms with Crippen molar-refractivity contribution in [2.75, 3.05) is 12.3 Å². The smallest absolute Gasteiger partial charge is 0.407 e. The first kappa shape index (κ1) is 17.5. The van der Waals surface area contributed by atoms with Gasteiger partial charge in [0.2, 0.25) is 0 Å². The average molecular weight is 307 g/mol. The average Bonchev–Trinajstić information content (AvgIpc) is 2.35. The monoisotopic (exact) mass is 307 g/mol. The van der Waals surface area contributed by atoms with Gasteiger partial charge in [0, 0.05) is 18.3 Å². The highest BCUT2D eigenvalue weighted by atomic mass is 16.6. The molecule has 1 aromatic rings. The number of alkyl carbamates (subject to hydrolysis) is 1. The van der Waals surface area contributed by atoms with E-state index in [0.717, 1.165) is 0 Å². The highest BCUT2D eigenvalue weighted by molar-refractivity contribution is 5.68. The molecule has 22 heavy (non-hydrogen) atoms. The van der Waals surface area contributed by atoms with Gasteiger partial charge in [-0.3, -0.25) is 10.1 Å². The Kier molecular flexibility index (Phi) is 5.91. The number of nitrogen functional groups attached to an aromatic ring is 1. The summed E-state index contributed by atoms with van der Waals surface area (Å²) in [6.45, 7) is 5.73. The SMILES string of the molecule is CC(C)(C)OC(=O)NCCC=Cc1cc(N)ccc1[N+](=O)[O-]. The number of nitro groups is 1. The molecule has 0 unspecified atom stereocenters. The van der Waals surface area contributed by atoms with E-state index in [9.17, 15) is 14.9 Å². The molecule has 0 aliphatic rings. The van der Waals surface area contributed by atoms with Gasteiger partial charge in [0.05, 0.1) is 10.5 Å². The number of nitrogens with zero attached hydrogens (tertiary/aromatic N) is 1. The minimum atomic E-state index is -0.540. The van der Waals surface area contributed by atoms with E-state index in [0.29, 0.717) is 24.2 Å². The molecule has 120 valence electrons. The largest absolute Gasteiger partial charge is 0.444 e. The number of carbonyl (C=O) groups is 1. The van der Waals surface area contributed by atoms with Crippen molar-refractivity contribution in [2.24, 2.45) is 0 Å². The van der Waals surface area contributed by atoms with E-state index < -0.39 is 16.6 Å². The van der Waals surface area contributed by atoms with Crippen molar-refractivity contribution < 1.29 is 14.5 Å². The van der Waals surface area contributed by atoms with Gasteiger partial charge in [0.15, 0.2) is 0 Å². The first-order valence-electron chi connectivity index (χ1n) is 6.86. The van der Waals surface area contributed by atoms with Crippen LogP contribution in [0.5, 0.6) is 0 Å². The number of nitro benzene ring substituents is 1. The molecule has 0 aliphatic carbocycles. The molecule has 7 nitrogen and oxygen atoms in total. The number of anilines is 1. The Labute approximate surface area is 129 Å². The number of rotatable bonds is 5. The van der Waals surface area contributed by atoms with E-state index in [2.05, 4.69) is 5.32 Å². The zero-order valence-corrected chi connectivity index (χ0v) is 13.0. The molecule has 1 aromatic carbocycles. The number of hydrogen-bond acceptors (Lipinski definition) is 5. The van der Waals surface area contributed by atoms with E-state index in [1.54, 1.807) is 32.9 Å². The van der Waals surface area contributed by atoms with Gasteiger partial charge in [-0.25, -0.2) is 4.79 Å². The minimum Gasteiger partial charge on any atom is -0.444 e. The van der Waals surface area contributed by atoms with Gasteiger partial charge in [-0.05, 0) is 39.3 Å². The molecule has 0 saturated heterocycles. The lowest BCUT2D eigenvalue weighted by Crippen LogP contribution is -2.32. The van der Waals surface area contributed by atoms with Crippen LogP contribution in [0.3, 0.4) is 0 Å². The van der Waals surface area contributed by atoms with E-state index in [1.165, 1.54) is 18.2 Å². The third-order valence-corrected chi connectivity index (χ3v) is 2.52. The van der Waals surface area contributed by atoms with E-state index in [-0.39, 0.29) is 5.69 Å². The summed E-state index contributed by atoms with van der Waals surface area (Å²) in [7, 11) is 0. The minimum absolute atomic E-state index is 0.00875. The number of ether oxygens (including phenoxy) is 1. The Morgan fingerprint density at radius 2 is 2.14 bits per heavy atom. The first-order valence-corrected chi connectivity index (χ1v) is 6.86. The predicted molar refractivity (Wildman–Crippen MR) is 85.4 cm³/mol. The van der Waals surface area contributed by atoms with Gasteiger partial charge in [0.1, 0.15) is 5.60 Å². The lowest BCUT2D eigenvalue weighted by molar-refractivity contribution is -0.385. The van der Waals surface area contributed by atoms with Crippen LogP contribution >= 0.6 is 0 Å². The molecular formula is C15H21N3O4. The summed E-state index contributed by atoms with van der Waals surface area (Å²) in [5.74, 6) is 0. The second-order valence-electron chi connectivity index (χ2n) is 5.70. The standard InChI is InChI=1S/C15H21N3O4/c1-15(2,3)22-14(19)17-9-5-4-6-11-10-12(16)7-8-13(11)18(20)21/h4,6-8,10H,5,9,16H2,1-3H3,(H,17,19). The van der Waals surface area contributed by atoms with Crippen molar-refractivity contribution in [3.8, 4) is 0 Å². The van der Waals surface area contributed by atoms with Crippen molar-refractivity contribution in [3.05, 3.63) is 40.0 Å². The van der Waals surface area contributed by atoms with Gasteiger partial charge in [-0.15, -0.1) is 0 Å². The Balaban J connectivity index is 2.52. The van der Waals surface area contributed by atoms with Gasteiger partial charge in [-0.1, -0.05) is 12.2 Å². The molecule has 0 atom stereocenters. The summed E-state index contributed by atoms with van der Waals surface area (Å²) in [5.41, 5.74) is 5.97. The van der Waals surface area contributed by atoms with Crippen LogP contribution < -0.4 is 11.1 Å². The van der Waals surface area contributed by atoms with Crippen LogP contribution in [0.25, 0.3) is 6.08 Å². The lowest BCUT2D eigenvalue weighted by atomic mass is 10.1. The molecule has 3 N–H and O–H groups in total. The summed E-state index contributed by atoms with van der Waals surface area (Å²) in [6, 6.07) is 4.39. The van der Waals surface area contributed by atoms with Gasteiger partial charge >= 0.3 is 6.09 Å². The summed E-state index contributed by atoms with van der Waals surface area (Å²) in [5, 5.41) is 13.5. The fraction of sp³-hybridized carbons (Fsp3) is 0.400. The third-order valence-electron chi connectivity index (χ3n) is 2.52. The Morgan fingerprint density at radius 1 is 1.45 bits per heavy atom. The number of hydrogen-bond donors (Lipinski definition) is 2. The van der Waals surface area contributed by atoms with Crippen LogP contribution in [0.1, 0.15) is 32.8 Å². The Morgan fingerprint density at radius 3 is 2.73 bits per heavy atom. The van der Waals surface area contributed by atoms with Gasteiger partial charge in [0.25, 0.3) is 5.69 Å². The summed E-state index contributed by atoms with van der Waals surface area (Å²) in [6.07, 6.45) is 3.38. The molecule has 7 heteroatoms. The molecule has 0 saturated carbocycles. The topological polar surface area (TPSA) is 107 Å². The van der Waals surface area contributed by atoms with Crippen molar-refractivity contribution in [3.63, 3.8) is 0 Å². The number of amides is 1. The van der Waals surface area contributed by atoms with Crippen LogP contribution in [0.4, 0.5) is 16.2 Å². The summed E-state index contributed by atoms with van der Waals surface area (Å²) in [4.78, 5) is 21.9. The molecule has 0 bridgehead atoms. The molecule has 1 rings (SSSR count). The third kappa shape index (κ3) is 6.25. The molecule has 1 amide bonds.